The minimum absolute atomic E-state index is 0.0717. The van der Waals surface area contributed by atoms with Crippen molar-refractivity contribution in [3.63, 3.8) is 0 Å². The first-order valence-corrected chi connectivity index (χ1v) is 12.3. The molecule has 204 valence electrons. The number of fused-ring (bicyclic) bond motifs is 1. The molecule has 0 aromatic heterocycles. The molecule has 1 atom stereocenters. The number of thioether (sulfide) groups is 1. The molecule has 2 aliphatic heterocycles. The molecule has 2 aromatic rings. The minimum atomic E-state index is -5.39. The van der Waals surface area contributed by atoms with Gasteiger partial charge in [-0.25, -0.2) is 0 Å². The maximum Gasteiger partial charge on any atom is 0.418 e. The Morgan fingerprint density at radius 2 is 1.63 bits per heavy atom. The molecule has 38 heavy (non-hydrogen) atoms. The number of halogens is 6. The second kappa shape index (κ2) is 10.9. The maximum absolute atomic E-state index is 14.1. The number of carbonyl (C=O) groups is 2. The summed E-state index contributed by atoms with van der Waals surface area (Å²) < 4.78 is 84.3. The molecule has 1 saturated heterocycles. The van der Waals surface area contributed by atoms with Crippen LogP contribution in [0.2, 0.25) is 0 Å². The van der Waals surface area contributed by atoms with E-state index in [0.717, 1.165) is 18.2 Å². The molecule has 4 rings (SSSR count). The van der Waals surface area contributed by atoms with Gasteiger partial charge in [-0.3, -0.25) is 9.59 Å². The molecule has 0 spiro atoms. The van der Waals surface area contributed by atoms with Crippen molar-refractivity contribution in [1.29, 1.82) is 0 Å². The Kier molecular flexibility index (Phi) is 7.98. The smallest absolute Gasteiger partial charge is 0.418 e. The van der Waals surface area contributed by atoms with Crippen molar-refractivity contribution >= 4 is 29.7 Å². The summed E-state index contributed by atoms with van der Waals surface area (Å²) in [5.41, 5.74) is -5.03. The van der Waals surface area contributed by atoms with Crippen molar-refractivity contribution in [1.82, 2.24) is 4.90 Å². The third kappa shape index (κ3) is 6.26. The van der Waals surface area contributed by atoms with E-state index in [9.17, 15) is 35.9 Å². The molecule has 0 aliphatic carbocycles. The van der Waals surface area contributed by atoms with Crippen molar-refractivity contribution in [2.75, 3.05) is 13.1 Å². The first kappa shape index (κ1) is 27.8. The highest BCUT2D eigenvalue weighted by atomic mass is 32.2. The average molecular weight is 562 g/mol. The molecule has 2 aliphatic rings. The van der Waals surface area contributed by atoms with Gasteiger partial charge in [0.1, 0.15) is 0 Å². The van der Waals surface area contributed by atoms with E-state index in [2.05, 4.69) is 0 Å². The maximum atomic E-state index is 14.1. The number of para-hydroxylation sites is 1. The lowest BCUT2D eigenvalue weighted by Gasteiger charge is -2.29. The van der Waals surface area contributed by atoms with Gasteiger partial charge in [0.15, 0.2) is 11.2 Å². The molecule has 6 nitrogen and oxygen atoms in total. The number of alkyl halides is 6. The zero-order valence-corrected chi connectivity index (χ0v) is 20.3. The summed E-state index contributed by atoms with van der Waals surface area (Å²) >= 11 is 0.456. The number of hydrogen-bond acceptors (Lipinski definition) is 5. The summed E-state index contributed by atoms with van der Waals surface area (Å²) in [4.78, 5) is 34.3. The van der Waals surface area contributed by atoms with Crippen molar-refractivity contribution in [2.24, 2.45) is 5.92 Å². The molecule has 0 saturated carbocycles. The number of benzene rings is 2. The lowest BCUT2D eigenvalue weighted by Crippen LogP contribution is -2.39. The lowest BCUT2D eigenvalue weighted by molar-refractivity contribution is -0.227. The third-order valence-electron chi connectivity index (χ3n) is 6.19. The van der Waals surface area contributed by atoms with Crippen LogP contribution in [0.5, 0.6) is 5.75 Å². The van der Waals surface area contributed by atoms with E-state index in [1.165, 1.54) is 4.90 Å². The summed E-state index contributed by atoms with van der Waals surface area (Å²) in [6, 6.07) is 8.41. The Labute approximate surface area is 217 Å². The van der Waals surface area contributed by atoms with Crippen LogP contribution in [0.25, 0.3) is 6.08 Å². The first-order valence-electron chi connectivity index (χ1n) is 11.4. The zero-order chi connectivity index (χ0) is 27.7. The Bertz CT molecular complexity index is 1240. The molecular formula is C25H21F6NO5S. The fourth-order valence-corrected chi connectivity index (χ4v) is 5.42. The van der Waals surface area contributed by atoms with Crippen molar-refractivity contribution < 1.29 is 50.8 Å². The summed E-state index contributed by atoms with van der Waals surface area (Å²) in [6.07, 6.45) is -8.83. The number of amides is 1. The molecule has 13 heteroatoms. The highest BCUT2D eigenvalue weighted by molar-refractivity contribution is 7.99. The fraction of sp³-hybridized carbons (Fsp3) is 0.360. The fourth-order valence-electron chi connectivity index (χ4n) is 4.31. The second-order valence-electron chi connectivity index (χ2n) is 8.71. The topological polar surface area (TPSA) is 76.1 Å². The van der Waals surface area contributed by atoms with Crippen molar-refractivity contribution in [2.45, 2.75) is 41.9 Å². The minimum Gasteiger partial charge on any atom is -0.481 e. The highest BCUT2D eigenvalue weighted by Gasteiger charge is 2.47. The van der Waals surface area contributed by atoms with Gasteiger partial charge in [-0.05, 0) is 36.6 Å². The molecule has 1 amide bonds. The van der Waals surface area contributed by atoms with Crippen LogP contribution < -0.4 is 4.89 Å². The number of piperidine rings is 1. The summed E-state index contributed by atoms with van der Waals surface area (Å²) in [5.74, 6) is -1.99. The normalized spacial score (nSPS) is 18.8. The summed E-state index contributed by atoms with van der Waals surface area (Å²) in [5, 5.41) is 9.05. The van der Waals surface area contributed by atoms with Gasteiger partial charge in [0.25, 0.3) is 0 Å². The van der Waals surface area contributed by atoms with Gasteiger partial charge in [0.05, 0.1) is 17.0 Å². The van der Waals surface area contributed by atoms with Crippen LogP contribution in [0.1, 0.15) is 35.1 Å². The number of aliphatic carboxylic acids is 1. The number of carboxylic acids is 1. The summed E-state index contributed by atoms with van der Waals surface area (Å²) in [7, 11) is 0. The molecule has 0 radical (unpaired) electrons. The monoisotopic (exact) mass is 561 g/mol. The molecule has 1 N–H and O–H groups in total. The van der Waals surface area contributed by atoms with Crippen LogP contribution >= 0.6 is 11.8 Å². The zero-order valence-electron chi connectivity index (χ0n) is 19.5. The largest absolute Gasteiger partial charge is 0.481 e. The molecular weight excluding hydrogens is 540 g/mol. The van der Waals surface area contributed by atoms with E-state index in [-0.39, 0.29) is 32.4 Å². The third-order valence-corrected chi connectivity index (χ3v) is 7.29. The number of nitrogens with zero attached hydrogens (tertiary/aromatic N) is 1. The molecule has 1 fully saturated rings. The van der Waals surface area contributed by atoms with Gasteiger partial charge in [-0.15, -0.1) is 0 Å². The van der Waals surface area contributed by atoms with Crippen LogP contribution in [0.15, 0.2) is 47.4 Å². The SMILES string of the molecule is O=C(O)C1CCN(C(=O)C=Cc2ccc(SC3Cc4ccccc4OO3)c(C(F)(F)F)c2C(F)(F)F)CC1. The van der Waals surface area contributed by atoms with Gasteiger partial charge in [-0.1, -0.05) is 36.0 Å². The average Bonchev–Trinajstić information content (AvgIpc) is 2.86. The van der Waals surface area contributed by atoms with Crippen LogP contribution in [0.3, 0.4) is 0 Å². The molecule has 1 unspecified atom stereocenters. The van der Waals surface area contributed by atoms with Gasteiger partial charge < -0.3 is 14.9 Å². The highest BCUT2D eigenvalue weighted by Crippen LogP contribution is 2.48. The van der Waals surface area contributed by atoms with Crippen LogP contribution in [-0.4, -0.2) is 40.4 Å². The van der Waals surface area contributed by atoms with E-state index in [0.29, 0.717) is 29.2 Å². The van der Waals surface area contributed by atoms with Crippen LogP contribution in [0.4, 0.5) is 26.3 Å². The van der Waals surface area contributed by atoms with Crippen molar-refractivity contribution in [3.8, 4) is 5.75 Å². The van der Waals surface area contributed by atoms with Gasteiger partial charge >= 0.3 is 18.3 Å². The number of carboxylic acid groups (broad SMARTS) is 1. The Morgan fingerprint density at radius 1 is 0.974 bits per heavy atom. The molecule has 0 bridgehead atoms. The Hall–Kier alpha value is -3.19. The number of rotatable bonds is 5. The Morgan fingerprint density at radius 3 is 2.26 bits per heavy atom. The van der Waals surface area contributed by atoms with Gasteiger partial charge in [0.2, 0.25) is 5.91 Å². The quantitative estimate of drug-likeness (QED) is 0.272. The van der Waals surface area contributed by atoms with E-state index in [4.69, 9.17) is 14.9 Å². The standard InChI is InChI=1S/C25H21F6NO5S/c26-24(27,28)21-14(6-8-19(33)32-11-9-15(10-12-32)23(34)35)5-7-18(22(21)25(29,30)31)38-20-13-16-3-1-2-4-17(16)36-37-20/h1-8,15,20H,9-13H2,(H,34,35). The van der Waals surface area contributed by atoms with Gasteiger partial charge in [0, 0.05) is 36.0 Å². The number of hydrogen-bond donors (Lipinski definition) is 1. The molecule has 2 aromatic carbocycles. The van der Waals surface area contributed by atoms with Gasteiger partial charge in [-0.2, -0.15) is 31.2 Å². The Balaban J connectivity index is 1.62. The molecule has 2 heterocycles. The lowest BCUT2D eigenvalue weighted by atomic mass is 9.97. The van der Waals surface area contributed by atoms with E-state index >= 15 is 0 Å². The van der Waals surface area contributed by atoms with Crippen LogP contribution in [0, 0.1) is 5.92 Å². The van der Waals surface area contributed by atoms with Crippen LogP contribution in [-0.2, 0) is 33.3 Å². The van der Waals surface area contributed by atoms with E-state index in [1.54, 1.807) is 24.3 Å². The van der Waals surface area contributed by atoms with Crippen molar-refractivity contribution in [3.05, 3.63) is 64.7 Å². The predicted octanol–water partition coefficient (Wildman–Crippen LogP) is 6.05. The number of carbonyl (C=O) groups excluding carboxylic acids is 1. The summed E-state index contributed by atoms with van der Waals surface area (Å²) in [6.45, 7) is 0.143. The number of likely N-dealkylation sites (tertiary alicyclic amines) is 1. The first-order chi connectivity index (χ1) is 17.8. The second-order valence-corrected chi connectivity index (χ2v) is 9.91. The predicted molar refractivity (Wildman–Crippen MR) is 124 cm³/mol. The van der Waals surface area contributed by atoms with E-state index < -0.39 is 57.2 Å². The van der Waals surface area contributed by atoms with E-state index in [1.807, 2.05) is 0 Å².